The smallest absolute Gasteiger partial charge is 0.402 e. The van der Waals surface area contributed by atoms with E-state index in [1.54, 1.807) is 0 Å². The van der Waals surface area contributed by atoms with Gasteiger partial charge in [0.25, 0.3) is 0 Å². The second-order valence-electron chi connectivity index (χ2n) is 6.59. The first-order chi connectivity index (χ1) is 13.5. The van der Waals surface area contributed by atoms with E-state index in [1.165, 1.54) is 5.56 Å². The molecule has 1 aliphatic rings. The van der Waals surface area contributed by atoms with Crippen molar-refractivity contribution in [2.24, 2.45) is 5.73 Å². The average molecular weight is 386 g/mol. The van der Waals surface area contributed by atoms with Crippen molar-refractivity contribution in [3.63, 3.8) is 0 Å². The molecular formula is C21H26N2O5. The number of ether oxygens (including phenoxy) is 1. The number of carboxylic acid groups (broad SMARTS) is 2. The number of rotatable bonds is 6. The van der Waals surface area contributed by atoms with Crippen LogP contribution in [0.3, 0.4) is 0 Å². The van der Waals surface area contributed by atoms with Gasteiger partial charge in [0.15, 0.2) is 6.61 Å². The van der Waals surface area contributed by atoms with Gasteiger partial charge in [-0.1, -0.05) is 48.5 Å². The molecule has 28 heavy (non-hydrogen) atoms. The van der Waals surface area contributed by atoms with E-state index in [2.05, 4.69) is 41.0 Å². The number of aliphatic carboxylic acids is 1. The fraction of sp³-hybridized carbons (Fsp3) is 0.333. The average Bonchev–Trinajstić information content (AvgIpc) is 2.68. The van der Waals surface area contributed by atoms with Crippen LogP contribution in [0, 0.1) is 0 Å². The van der Waals surface area contributed by atoms with Crippen molar-refractivity contribution in [3.8, 4) is 5.75 Å². The summed E-state index contributed by atoms with van der Waals surface area (Å²) in [6.07, 6.45) is 0.806. The summed E-state index contributed by atoms with van der Waals surface area (Å²) < 4.78 is 5.46. The lowest BCUT2D eigenvalue weighted by atomic mass is 9.88. The highest BCUT2D eigenvalue weighted by atomic mass is 16.5. The Labute approximate surface area is 164 Å². The van der Waals surface area contributed by atoms with E-state index in [9.17, 15) is 4.79 Å². The number of benzene rings is 2. The highest BCUT2D eigenvalue weighted by Gasteiger charge is 2.23. The van der Waals surface area contributed by atoms with Crippen LogP contribution in [0.4, 0.5) is 4.79 Å². The van der Waals surface area contributed by atoms with Crippen LogP contribution < -0.4 is 10.5 Å². The summed E-state index contributed by atoms with van der Waals surface area (Å²) >= 11 is 0. The fourth-order valence-corrected chi connectivity index (χ4v) is 3.33. The predicted molar refractivity (Wildman–Crippen MR) is 105 cm³/mol. The van der Waals surface area contributed by atoms with Crippen LogP contribution in [0.1, 0.15) is 29.9 Å². The molecule has 150 valence electrons. The Morgan fingerprint density at radius 1 is 1.00 bits per heavy atom. The molecule has 2 aromatic carbocycles. The van der Waals surface area contributed by atoms with Gasteiger partial charge in [-0.25, -0.2) is 9.59 Å². The number of hydrogen-bond acceptors (Lipinski definition) is 4. The van der Waals surface area contributed by atoms with Crippen molar-refractivity contribution in [2.75, 3.05) is 19.7 Å². The molecule has 0 aromatic heterocycles. The van der Waals surface area contributed by atoms with E-state index in [-0.39, 0.29) is 6.61 Å². The van der Waals surface area contributed by atoms with Gasteiger partial charge in [-0.2, -0.15) is 0 Å². The first-order valence-electron chi connectivity index (χ1n) is 9.14. The standard InChI is InChI=1S/C20H23NO3.CH3NO2/c22-20(23)15-24-19-9-5-4-8-18(19)17-10-12-21(13-11-17)14-16-6-2-1-3-7-16;2-1(3)4/h1-9,17H,10-15H2,(H,22,23);2H2,(H,3,4). The molecular weight excluding hydrogens is 360 g/mol. The maximum absolute atomic E-state index is 10.7. The lowest BCUT2D eigenvalue weighted by Gasteiger charge is -2.32. The Kier molecular flexibility index (Phi) is 8.30. The lowest BCUT2D eigenvalue weighted by Crippen LogP contribution is -2.32. The van der Waals surface area contributed by atoms with Gasteiger partial charge in [0.2, 0.25) is 0 Å². The Hall–Kier alpha value is -3.06. The molecule has 1 saturated heterocycles. The van der Waals surface area contributed by atoms with Crippen molar-refractivity contribution >= 4 is 12.1 Å². The molecule has 0 bridgehead atoms. The SMILES string of the molecule is NC(=O)O.O=C(O)COc1ccccc1C1CCN(Cc2ccccc2)CC1. The summed E-state index contributed by atoms with van der Waals surface area (Å²) in [6, 6.07) is 18.4. The van der Waals surface area contributed by atoms with Crippen molar-refractivity contribution in [2.45, 2.75) is 25.3 Å². The number of para-hydroxylation sites is 1. The highest BCUT2D eigenvalue weighted by Crippen LogP contribution is 2.34. The third-order valence-electron chi connectivity index (χ3n) is 4.55. The van der Waals surface area contributed by atoms with E-state index >= 15 is 0 Å². The Morgan fingerprint density at radius 3 is 2.18 bits per heavy atom. The molecule has 1 amide bonds. The summed E-state index contributed by atoms with van der Waals surface area (Å²) in [6.45, 7) is 2.80. The van der Waals surface area contributed by atoms with E-state index in [1.807, 2.05) is 24.3 Å². The van der Waals surface area contributed by atoms with Crippen LogP contribution in [-0.2, 0) is 11.3 Å². The van der Waals surface area contributed by atoms with Gasteiger partial charge in [-0.15, -0.1) is 0 Å². The minimum Gasteiger partial charge on any atom is -0.482 e. The number of hydrogen-bond donors (Lipinski definition) is 3. The van der Waals surface area contributed by atoms with Crippen LogP contribution >= 0.6 is 0 Å². The zero-order valence-electron chi connectivity index (χ0n) is 15.7. The number of carboxylic acids is 1. The molecule has 0 atom stereocenters. The molecule has 4 N–H and O–H groups in total. The van der Waals surface area contributed by atoms with Crippen molar-refractivity contribution in [1.82, 2.24) is 4.90 Å². The van der Waals surface area contributed by atoms with Crippen LogP contribution in [-0.4, -0.2) is 46.9 Å². The van der Waals surface area contributed by atoms with E-state index in [0.717, 1.165) is 38.0 Å². The summed E-state index contributed by atoms with van der Waals surface area (Å²) in [7, 11) is 0. The minimum atomic E-state index is -1.33. The fourth-order valence-electron chi connectivity index (χ4n) is 3.33. The number of piperidine rings is 1. The quantitative estimate of drug-likeness (QED) is 0.703. The van der Waals surface area contributed by atoms with Gasteiger partial charge in [0.1, 0.15) is 5.75 Å². The van der Waals surface area contributed by atoms with Crippen LogP contribution in [0.15, 0.2) is 54.6 Å². The monoisotopic (exact) mass is 386 g/mol. The first kappa shape index (κ1) is 21.2. The maximum Gasteiger partial charge on any atom is 0.402 e. The normalized spacial score (nSPS) is 14.6. The molecule has 0 radical (unpaired) electrons. The molecule has 2 aromatic rings. The summed E-state index contributed by atoms with van der Waals surface area (Å²) in [5.74, 6) is 0.200. The van der Waals surface area contributed by atoms with Crippen LogP contribution in [0.5, 0.6) is 5.75 Å². The minimum absolute atomic E-state index is 0.288. The van der Waals surface area contributed by atoms with Crippen molar-refractivity contribution in [1.29, 1.82) is 0 Å². The first-order valence-corrected chi connectivity index (χ1v) is 9.14. The van der Waals surface area contributed by atoms with E-state index < -0.39 is 12.1 Å². The topological polar surface area (TPSA) is 113 Å². The Bertz CT molecular complexity index is 754. The van der Waals surface area contributed by atoms with Gasteiger partial charge in [0, 0.05) is 6.54 Å². The largest absolute Gasteiger partial charge is 0.482 e. The number of nitrogens with zero attached hydrogens (tertiary/aromatic N) is 1. The van der Waals surface area contributed by atoms with Crippen molar-refractivity contribution < 1.29 is 24.5 Å². The maximum atomic E-state index is 10.7. The third-order valence-corrected chi connectivity index (χ3v) is 4.55. The van der Waals surface area contributed by atoms with Crippen molar-refractivity contribution in [3.05, 3.63) is 65.7 Å². The lowest BCUT2D eigenvalue weighted by molar-refractivity contribution is -0.139. The van der Waals surface area contributed by atoms with E-state index in [4.69, 9.17) is 19.7 Å². The van der Waals surface area contributed by atoms with Gasteiger partial charge in [-0.3, -0.25) is 4.90 Å². The predicted octanol–water partition coefficient (Wildman–Crippen LogP) is 3.15. The molecule has 7 nitrogen and oxygen atoms in total. The van der Waals surface area contributed by atoms with Gasteiger partial charge >= 0.3 is 12.1 Å². The zero-order valence-corrected chi connectivity index (χ0v) is 15.7. The molecule has 1 aliphatic heterocycles. The highest BCUT2D eigenvalue weighted by molar-refractivity contribution is 5.68. The summed E-state index contributed by atoms with van der Waals surface area (Å²) in [5.41, 5.74) is 6.51. The number of primary amides is 1. The van der Waals surface area contributed by atoms with Gasteiger partial charge in [-0.05, 0) is 49.0 Å². The molecule has 0 spiro atoms. The molecule has 0 saturated carbocycles. The molecule has 1 heterocycles. The summed E-state index contributed by atoms with van der Waals surface area (Å²) in [5, 5.41) is 16.0. The zero-order chi connectivity index (χ0) is 20.4. The molecule has 1 fully saturated rings. The third kappa shape index (κ3) is 7.28. The second-order valence-corrected chi connectivity index (χ2v) is 6.59. The molecule has 7 heteroatoms. The van der Waals surface area contributed by atoms with Gasteiger partial charge < -0.3 is 20.7 Å². The molecule has 3 rings (SSSR count). The number of amides is 1. The Morgan fingerprint density at radius 2 is 1.57 bits per heavy atom. The second kappa shape index (κ2) is 10.9. The van der Waals surface area contributed by atoms with E-state index in [0.29, 0.717) is 11.7 Å². The summed E-state index contributed by atoms with van der Waals surface area (Å²) in [4.78, 5) is 22.0. The Balaban J connectivity index is 0.000000640. The number of carbonyl (C=O) groups is 2. The molecule has 0 unspecified atom stereocenters. The number of nitrogens with two attached hydrogens (primary N) is 1. The molecule has 0 aliphatic carbocycles. The van der Waals surface area contributed by atoms with Crippen LogP contribution in [0.2, 0.25) is 0 Å². The van der Waals surface area contributed by atoms with Gasteiger partial charge in [0.05, 0.1) is 0 Å². The number of likely N-dealkylation sites (tertiary alicyclic amines) is 1. The van der Waals surface area contributed by atoms with Crippen LogP contribution in [0.25, 0.3) is 0 Å².